The van der Waals surface area contributed by atoms with Gasteiger partial charge in [-0.15, -0.1) is 0 Å². The molecule has 0 bridgehead atoms. The molecule has 4 nitrogen and oxygen atoms in total. The van der Waals surface area contributed by atoms with Gasteiger partial charge < -0.3 is 15.4 Å². The summed E-state index contributed by atoms with van der Waals surface area (Å²) in [4.78, 5) is 14.2. The van der Waals surface area contributed by atoms with Crippen LogP contribution in [0.4, 0.5) is 0 Å². The lowest BCUT2D eigenvalue weighted by Gasteiger charge is -2.31. The Morgan fingerprint density at radius 2 is 2.35 bits per heavy atom. The smallest absolute Gasteiger partial charge is 0.223 e. The molecule has 0 saturated carbocycles. The van der Waals surface area contributed by atoms with Crippen LogP contribution in [0, 0.1) is 0 Å². The fourth-order valence-electron chi connectivity index (χ4n) is 2.69. The van der Waals surface area contributed by atoms with Gasteiger partial charge in [0.2, 0.25) is 5.91 Å². The third kappa shape index (κ3) is 3.73. The van der Waals surface area contributed by atoms with Gasteiger partial charge in [-0.2, -0.15) is 0 Å². The SMILES string of the molecule is COc1cccc([C@H](C)CC(=O)N2CCC[C@@H](N)C2)c1. The monoisotopic (exact) mass is 276 g/mol. The number of amides is 1. The molecule has 4 heteroatoms. The normalized spacial score (nSPS) is 20.6. The Bertz CT molecular complexity index is 462. The van der Waals surface area contributed by atoms with Gasteiger partial charge in [-0.3, -0.25) is 4.79 Å². The number of nitrogens with two attached hydrogens (primary N) is 1. The minimum atomic E-state index is 0.139. The number of nitrogens with zero attached hydrogens (tertiary/aromatic N) is 1. The van der Waals surface area contributed by atoms with Crippen molar-refractivity contribution in [1.82, 2.24) is 4.90 Å². The number of piperidine rings is 1. The van der Waals surface area contributed by atoms with E-state index >= 15 is 0 Å². The van der Waals surface area contributed by atoms with Crippen molar-refractivity contribution >= 4 is 5.91 Å². The molecule has 1 aliphatic rings. The number of carbonyl (C=O) groups is 1. The van der Waals surface area contributed by atoms with Gasteiger partial charge in [0, 0.05) is 25.6 Å². The highest BCUT2D eigenvalue weighted by atomic mass is 16.5. The molecular weight excluding hydrogens is 252 g/mol. The van der Waals surface area contributed by atoms with E-state index in [2.05, 4.69) is 6.92 Å². The minimum Gasteiger partial charge on any atom is -0.497 e. The molecule has 0 spiro atoms. The summed E-state index contributed by atoms with van der Waals surface area (Å²) in [5.74, 6) is 1.23. The van der Waals surface area contributed by atoms with Crippen molar-refractivity contribution in [2.45, 2.75) is 38.1 Å². The number of methoxy groups -OCH3 is 1. The molecule has 0 unspecified atom stereocenters. The minimum absolute atomic E-state index is 0.139. The largest absolute Gasteiger partial charge is 0.497 e. The summed E-state index contributed by atoms with van der Waals surface area (Å²) in [7, 11) is 1.66. The van der Waals surface area contributed by atoms with Crippen molar-refractivity contribution in [2.75, 3.05) is 20.2 Å². The van der Waals surface area contributed by atoms with Gasteiger partial charge in [-0.1, -0.05) is 19.1 Å². The highest BCUT2D eigenvalue weighted by molar-refractivity contribution is 5.77. The van der Waals surface area contributed by atoms with Gasteiger partial charge in [0.1, 0.15) is 5.75 Å². The molecule has 1 aromatic rings. The van der Waals surface area contributed by atoms with Crippen LogP contribution in [-0.2, 0) is 4.79 Å². The van der Waals surface area contributed by atoms with Crippen molar-refractivity contribution in [3.8, 4) is 5.75 Å². The Kier molecular flexibility index (Phi) is 5.01. The lowest BCUT2D eigenvalue weighted by molar-refractivity contribution is -0.132. The van der Waals surface area contributed by atoms with Crippen molar-refractivity contribution in [1.29, 1.82) is 0 Å². The van der Waals surface area contributed by atoms with Crippen LogP contribution < -0.4 is 10.5 Å². The Balaban J connectivity index is 1.96. The molecule has 2 rings (SSSR count). The van der Waals surface area contributed by atoms with E-state index in [0.29, 0.717) is 13.0 Å². The lowest BCUT2D eigenvalue weighted by atomic mass is 9.96. The van der Waals surface area contributed by atoms with Gasteiger partial charge in [-0.25, -0.2) is 0 Å². The number of hydrogen-bond donors (Lipinski definition) is 1. The average molecular weight is 276 g/mol. The van der Waals surface area contributed by atoms with E-state index in [1.165, 1.54) is 0 Å². The second-order valence-electron chi connectivity index (χ2n) is 5.62. The molecule has 0 aliphatic carbocycles. The maximum atomic E-state index is 12.3. The maximum Gasteiger partial charge on any atom is 0.223 e. The Morgan fingerprint density at radius 3 is 3.05 bits per heavy atom. The molecule has 1 aromatic carbocycles. The number of hydrogen-bond acceptors (Lipinski definition) is 3. The number of ether oxygens (including phenoxy) is 1. The van der Waals surface area contributed by atoms with Gasteiger partial charge in [0.05, 0.1) is 7.11 Å². The molecule has 1 saturated heterocycles. The fourth-order valence-corrected chi connectivity index (χ4v) is 2.69. The topological polar surface area (TPSA) is 55.6 Å². The number of rotatable bonds is 4. The number of benzene rings is 1. The number of likely N-dealkylation sites (tertiary alicyclic amines) is 1. The first-order valence-corrected chi connectivity index (χ1v) is 7.27. The zero-order valence-electron chi connectivity index (χ0n) is 12.3. The van der Waals surface area contributed by atoms with Gasteiger partial charge >= 0.3 is 0 Å². The molecule has 1 fully saturated rings. The van der Waals surface area contributed by atoms with Crippen molar-refractivity contribution < 1.29 is 9.53 Å². The molecular formula is C16H24N2O2. The van der Waals surface area contributed by atoms with Crippen LogP contribution in [0.2, 0.25) is 0 Å². The first kappa shape index (κ1) is 14.9. The van der Waals surface area contributed by atoms with E-state index in [1.54, 1.807) is 7.11 Å². The van der Waals surface area contributed by atoms with E-state index in [-0.39, 0.29) is 17.9 Å². The van der Waals surface area contributed by atoms with Crippen LogP contribution >= 0.6 is 0 Å². The molecule has 110 valence electrons. The number of carbonyl (C=O) groups excluding carboxylic acids is 1. The first-order valence-electron chi connectivity index (χ1n) is 7.27. The molecule has 2 N–H and O–H groups in total. The molecule has 1 aliphatic heterocycles. The molecule has 20 heavy (non-hydrogen) atoms. The highest BCUT2D eigenvalue weighted by Crippen LogP contribution is 2.24. The fraction of sp³-hybridized carbons (Fsp3) is 0.562. The van der Waals surface area contributed by atoms with Crippen molar-refractivity contribution in [2.24, 2.45) is 5.73 Å². The zero-order valence-corrected chi connectivity index (χ0v) is 12.3. The van der Waals surface area contributed by atoms with Gasteiger partial charge in [0.15, 0.2) is 0 Å². The van der Waals surface area contributed by atoms with E-state index in [0.717, 1.165) is 30.7 Å². The summed E-state index contributed by atoms with van der Waals surface area (Å²) in [6.07, 6.45) is 2.57. The predicted molar refractivity (Wildman–Crippen MR) is 79.8 cm³/mol. The Morgan fingerprint density at radius 1 is 1.55 bits per heavy atom. The van der Waals surface area contributed by atoms with Crippen LogP contribution in [0.1, 0.15) is 37.7 Å². The predicted octanol–water partition coefficient (Wildman–Crippen LogP) is 2.14. The summed E-state index contributed by atoms with van der Waals surface area (Å²) < 4.78 is 5.23. The second-order valence-corrected chi connectivity index (χ2v) is 5.62. The molecule has 0 aromatic heterocycles. The van der Waals surface area contributed by atoms with Crippen molar-refractivity contribution in [3.63, 3.8) is 0 Å². The summed E-state index contributed by atoms with van der Waals surface area (Å²) in [6, 6.07) is 8.07. The standard InChI is InChI=1S/C16H24N2O2/c1-12(13-5-3-7-15(10-13)20-2)9-16(19)18-8-4-6-14(17)11-18/h3,5,7,10,12,14H,4,6,8-9,11,17H2,1-2H3/t12-,14-/m1/s1. The van der Waals surface area contributed by atoms with E-state index in [4.69, 9.17) is 10.5 Å². The summed E-state index contributed by atoms with van der Waals surface area (Å²) >= 11 is 0. The molecule has 1 amide bonds. The second kappa shape index (κ2) is 6.75. The molecule has 1 heterocycles. The van der Waals surface area contributed by atoms with Gasteiger partial charge in [-0.05, 0) is 36.5 Å². The summed E-state index contributed by atoms with van der Waals surface area (Å²) in [5.41, 5.74) is 7.07. The first-order chi connectivity index (χ1) is 9.60. The third-order valence-electron chi connectivity index (χ3n) is 3.95. The van der Waals surface area contributed by atoms with Crippen LogP contribution in [0.25, 0.3) is 0 Å². The maximum absolute atomic E-state index is 12.3. The van der Waals surface area contributed by atoms with E-state index < -0.39 is 0 Å². The lowest BCUT2D eigenvalue weighted by Crippen LogP contribution is -2.45. The molecule has 0 radical (unpaired) electrons. The Hall–Kier alpha value is -1.55. The zero-order chi connectivity index (χ0) is 14.5. The summed E-state index contributed by atoms with van der Waals surface area (Å²) in [5, 5.41) is 0. The third-order valence-corrected chi connectivity index (χ3v) is 3.95. The highest BCUT2D eigenvalue weighted by Gasteiger charge is 2.22. The van der Waals surface area contributed by atoms with Crippen LogP contribution in [-0.4, -0.2) is 37.0 Å². The van der Waals surface area contributed by atoms with Crippen LogP contribution in [0.15, 0.2) is 24.3 Å². The summed E-state index contributed by atoms with van der Waals surface area (Å²) in [6.45, 7) is 3.62. The van der Waals surface area contributed by atoms with E-state index in [1.807, 2.05) is 29.2 Å². The quantitative estimate of drug-likeness (QED) is 0.916. The van der Waals surface area contributed by atoms with Crippen LogP contribution in [0.5, 0.6) is 5.75 Å². The Labute approximate surface area is 120 Å². The van der Waals surface area contributed by atoms with E-state index in [9.17, 15) is 4.79 Å². The van der Waals surface area contributed by atoms with Gasteiger partial charge in [0.25, 0.3) is 0 Å². The van der Waals surface area contributed by atoms with Crippen molar-refractivity contribution in [3.05, 3.63) is 29.8 Å². The van der Waals surface area contributed by atoms with Crippen LogP contribution in [0.3, 0.4) is 0 Å². The average Bonchev–Trinajstić information content (AvgIpc) is 2.47. The molecule has 2 atom stereocenters.